The molecule has 5 atom stereocenters. The number of hydrogen-bond donors (Lipinski definition) is 0. The smallest absolute Gasteiger partial charge is 0.191 e. The summed E-state index contributed by atoms with van der Waals surface area (Å²) in [6, 6.07) is 17.3. The highest BCUT2D eigenvalue weighted by atomic mass is 28.4. The first-order valence-corrected chi connectivity index (χ1v) is 24.3. The van der Waals surface area contributed by atoms with Gasteiger partial charge in [-0.2, -0.15) is 0 Å². The number of hydrogen-bond acceptors (Lipinski definition) is 6. The molecule has 0 amide bonds. The molecule has 6 nitrogen and oxygen atoms in total. The van der Waals surface area contributed by atoms with E-state index < -0.39 is 14.1 Å². The minimum atomic E-state index is -1.59. The highest BCUT2D eigenvalue weighted by Gasteiger charge is 2.67. The van der Waals surface area contributed by atoms with Crippen LogP contribution in [-0.4, -0.2) is 59.8 Å². The van der Waals surface area contributed by atoms with Crippen LogP contribution in [-0.2, 0) is 36.4 Å². The summed E-state index contributed by atoms with van der Waals surface area (Å²) in [6.45, 7) is 19.2. The van der Waals surface area contributed by atoms with E-state index >= 15 is 0 Å². The van der Waals surface area contributed by atoms with E-state index in [-0.39, 0.29) is 11.5 Å². The average molecular weight is 749 g/mol. The van der Waals surface area contributed by atoms with E-state index in [9.17, 15) is 0 Å². The van der Waals surface area contributed by atoms with Gasteiger partial charge in [0, 0.05) is 31.0 Å². The Hall–Kier alpha value is -1.74. The largest absolute Gasteiger partial charge is 0.489 e. The van der Waals surface area contributed by atoms with Gasteiger partial charge in [-0.05, 0) is 97.3 Å². The topological polar surface area (TPSA) is 55.4 Å². The van der Waals surface area contributed by atoms with Gasteiger partial charge in [0.15, 0.2) is 14.1 Å². The van der Waals surface area contributed by atoms with Crippen molar-refractivity contribution >= 4 is 8.32 Å². The van der Waals surface area contributed by atoms with Crippen molar-refractivity contribution in [2.75, 3.05) is 39.6 Å². The monoisotopic (exact) mass is 749 g/mol. The van der Waals surface area contributed by atoms with E-state index in [2.05, 4.69) is 89.3 Å². The molecule has 1 saturated heterocycles. The molecular formula is C46H72O6Si. The fourth-order valence-corrected chi connectivity index (χ4v) is 11.0. The molecule has 1 heterocycles. The van der Waals surface area contributed by atoms with Crippen molar-refractivity contribution in [3.05, 3.63) is 65.2 Å². The second-order valence-electron chi connectivity index (χ2n) is 18.4. The third-order valence-electron chi connectivity index (χ3n) is 14.0. The lowest BCUT2D eigenvalue weighted by atomic mass is 9.53. The molecule has 4 aliphatic rings. The summed E-state index contributed by atoms with van der Waals surface area (Å²) in [4.78, 5) is 0. The first-order chi connectivity index (χ1) is 25.5. The third kappa shape index (κ3) is 9.80. The highest BCUT2D eigenvalue weighted by Crippen LogP contribution is 2.66. The first-order valence-electron chi connectivity index (χ1n) is 21.4. The Morgan fingerprint density at radius 3 is 2.17 bits per heavy atom. The maximum atomic E-state index is 6.89. The summed E-state index contributed by atoms with van der Waals surface area (Å²) in [7, 11) is -1.59. The predicted octanol–water partition coefficient (Wildman–Crippen LogP) is 11.4. The van der Waals surface area contributed by atoms with E-state index in [1.807, 2.05) is 0 Å². The molecule has 3 aliphatic carbocycles. The van der Waals surface area contributed by atoms with Gasteiger partial charge < -0.3 is 28.1 Å². The minimum absolute atomic E-state index is 0.0362. The lowest BCUT2D eigenvalue weighted by Crippen LogP contribution is -2.56. The second-order valence-corrected chi connectivity index (χ2v) is 23.2. The molecule has 1 aliphatic heterocycles. The van der Waals surface area contributed by atoms with Crippen LogP contribution in [0.5, 0.6) is 5.75 Å². The van der Waals surface area contributed by atoms with Crippen LogP contribution in [0.15, 0.2) is 48.5 Å². The quantitative estimate of drug-likeness (QED) is 0.0993. The van der Waals surface area contributed by atoms with Gasteiger partial charge in [-0.25, -0.2) is 0 Å². The molecular weight excluding hydrogens is 677 g/mol. The number of aryl methyl sites for hydroxylation is 1. The van der Waals surface area contributed by atoms with E-state index in [0.29, 0.717) is 55.8 Å². The lowest BCUT2D eigenvalue weighted by molar-refractivity contribution is -0.250. The summed E-state index contributed by atoms with van der Waals surface area (Å²) in [6.07, 6.45) is 17.1. The Morgan fingerprint density at radius 1 is 0.792 bits per heavy atom. The minimum Gasteiger partial charge on any atom is -0.489 e. The average Bonchev–Trinajstić information content (AvgIpc) is 3.74. The highest BCUT2D eigenvalue weighted by molar-refractivity contribution is 6.74. The zero-order valence-electron chi connectivity index (χ0n) is 34.2. The van der Waals surface area contributed by atoms with Gasteiger partial charge >= 0.3 is 0 Å². The van der Waals surface area contributed by atoms with Crippen molar-refractivity contribution in [2.45, 2.75) is 160 Å². The summed E-state index contributed by atoms with van der Waals surface area (Å²) in [5.41, 5.74) is 4.05. The molecule has 0 N–H and O–H groups in total. The van der Waals surface area contributed by atoms with Crippen LogP contribution >= 0.6 is 0 Å². The van der Waals surface area contributed by atoms with Gasteiger partial charge in [0.25, 0.3) is 0 Å². The zero-order valence-corrected chi connectivity index (χ0v) is 35.2. The number of fused-ring (bicyclic) bond motifs is 6. The van der Waals surface area contributed by atoms with Crippen LogP contribution in [0.1, 0.15) is 134 Å². The van der Waals surface area contributed by atoms with E-state index in [0.717, 1.165) is 44.6 Å². The van der Waals surface area contributed by atoms with Crippen LogP contribution in [0, 0.1) is 17.3 Å². The maximum absolute atomic E-state index is 6.89. The van der Waals surface area contributed by atoms with Gasteiger partial charge in [-0.1, -0.05) is 109 Å². The molecule has 0 bridgehead atoms. The second kappa shape index (κ2) is 18.5. The van der Waals surface area contributed by atoms with Gasteiger partial charge in [0.2, 0.25) is 0 Å². The van der Waals surface area contributed by atoms with E-state index in [1.54, 1.807) is 0 Å². The van der Waals surface area contributed by atoms with Crippen LogP contribution < -0.4 is 4.74 Å². The van der Waals surface area contributed by atoms with Crippen LogP contribution in [0.4, 0.5) is 0 Å². The molecule has 2 saturated carbocycles. The Labute approximate surface area is 323 Å². The van der Waals surface area contributed by atoms with Gasteiger partial charge in [-0.3, -0.25) is 0 Å². The molecule has 0 unspecified atom stereocenters. The molecule has 296 valence electrons. The fourth-order valence-electron chi connectivity index (χ4n) is 9.92. The predicted molar refractivity (Wildman–Crippen MR) is 217 cm³/mol. The number of ether oxygens (including phenoxy) is 5. The number of unbranched alkanes of at least 4 members (excludes halogenated alkanes) is 8. The van der Waals surface area contributed by atoms with Gasteiger partial charge in [0.05, 0.1) is 32.5 Å². The molecule has 0 aromatic heterocycles. The van der Waals surface area contributed by atoms with Gasteiger partial charge in [-0.15, -0.1) is 0 Å². The SMILES string of the molecule is CC(C)(C)[Si](C)(C)OCCCCCCCCCCCOCCO[C@H]1C[C@@]2(C)[C@@H](CCC23OCCO3)[C@@H]2CCc3cc(OCc4ccccc4)ccc3[C@H]21. The van der Waals surface area contributed by atoms with Crippen molar-refractivity contribution in [1.82, 2.24) is 0 Å². The molecule has 2 aromatic carbocycles. The van der Waals surface area contributed by atoms with Crippen molar-refractivity contribution in [2.24, 2.45) is 17.3 Å². The Kier molecular flexibility index (Phi) is 14.3. The number of rotatable bonds is 20. The Bertz CT molecular complexity index is 1400. The Balaban J connectivity index is 0.922. The molecule has 1 spiro atoms. The number of benzene rings is 2. The molecule has 7 heteroatoms. The molecule has 0 radical (unpaired) electrons. The van der Waals surface area contributed by atoms with Crippen LogP contribution in [0.3, 0.4) is 0 Å². The molecule has 6 rings (SSSR count). The van der Waals surface area contributed by atoms with Crippen molar-refractivity contribution in [3.63, 3.8) is 0 Å². The summed E-state index contributed by atoms with van der Waals surface area (Å²) in [5.74, 6) is 2.04. The molecule has 53 heavy (non-hydrogen) atoms. The Morgan fingerprint density at radius 2 is 1.47 bits per heavy atom. The maximum Gasteiger partial charge on any atom is 0.191 e. The normalized spacial score (nSPS) is 26.4. The molecule has 3 fully saturated rings. The first kappa shape index (κ1) is 40.9. The zero-order chi connectivity index (χ0) is 37.4. The van der Waals surface area contributed by atoms with Crippen molar-refractivity contribution in [1.29, 1.82) is 0 Å². The molecule has 2 aromatic rings. The van der Waals surface area contributed by atoms with E-state index in [4.69, 9.17) is 28.1 Å². The van der Waals surface area contributed by atoms with Crippen molar-refractivity contribution in [3.8, 4) is 5.75 Å². The summed E-state index contributed by atoms with van der Waals surface area (Å²) < 4.78 is 38.6. The fraction of sp³-hybridized carbons (Fsp3) is 0.739. The van der Waals surface area contributed by atoms with E-state index in [1.165, 1.54) is 80.9 Å². The summed E-state index contributed by atoms with van der Waals surface area (Å²) in [5, 5.41) is 0.307. The standard InChI is InChI=1S/C46H72O6Si/c1-44(2,3)53(5,6)52-28-18-13-11-9-7-8-10-12-17-27-47-29-30-48-42-34-45(4)41(25-26-46(45)50-31-32-51-46)40-23-21-37-33-38(22-24-39(37)43(40)42)49-35-36-19-15-14-16-20-36/h14-16,19-20,22,24,33,40-43H,7-13,17-18,21,23,25-32,34-35H2,1-6H3/t40-,41-,42-,43+,45-/m0/s1. The van der Waals surface area contributed by atoms with Crippen LogP contribution in [0.2, 0.25) is 18.1 Å². The third-order valence-corrected chi connectivity index (χ3v) is 18.5. The van der Waals surface area contributed by atoms with Gasteiger partial charge in [0.1, 0.15) is 12.4 Å². The van der Waals surface area contributed by atoms with Crippen LogP contribution in [0.25, 0.3) is 0 Å². The summed E-state index contributed by atoms with van der Waals surface area (Å²) >= 11 is 0. The van der Waals surface area contributed by atoms with Crippen molar-refractivity contribution < 1.29 is 28.1 Å². The lowest BCUT2D eigenvalue weighted by Gasteiger charge is -2.55.